The molecule has 0 amide bonds. The van der Waals surface area contributed by atoms with Gasteiger partial charge < -0.3 is 10.2 Å². The van der Waals surface area contributed by atoms with Gasteiger partial charge in [-0.05, 0) is 51.5 Å². The highest BCUT2D eigenvalue weighted by Crippen LogP contribution is 2.44. The summed E-state index contributed by atoms with van der Waals surface area (Å²) in [4.78, 5) is 2.46. The third kappa shape index (κ3) is 2.70. The number of nitrogens with zero attached hydrogens (tertiary/aromatic N) is 1. The summed E-state index contributed by atoms with van der Waals surface area (Å²) >= 11 is 0. The Labute approximate surface area is 118 Å². The molecular formula is C17H28N2. The lowest BCUT2D eigenvalue weighted by Crippen LogP contribution is -2.52. The molecule has 1 N–H and O–H groups in total. The fraction of sp³-hybridized carbons (Fsp3) is 0.647. The second-order valence-corrected chi connectivity index (χ2v) is 6.05. The maximum absolute atomic E-state index is 3.76. The fourth-order valence-corrected chi connectivity index (χ4v) is 3.69. The summed E-state index contributed by atoms with van der Waals surface area (Å²) in [6, 6.07) is 9.28. The van der Waals surface area contributed by atoms with Crippen molar-refractivity contribution in [3.8, 4) is 0 Å². The van der Waals surface area contributed by atoms with Crippen LogP contribution in [0.2, 0.25) is 0 Å². The lowest BCUT2D eigenvalue weighted by Gasteiger charge is -2.44. The lowest BCUT2D eigenvalue weighted by molar-refractivity contribution is 0.105. The Kier molecular flexibility index (Phi) is 4.64. The zero-order valence-corrected chi connectivity index (χ0v) is 12.9. The SMILES string of the molecule is CCNC(c1ccccc1C)C1(N(C)C)CCCC1. The van der Waals surface area contributed by atoms with Gasteiger partial charge in [0.1, 0.15) is 0 Å². The van der Waals surface area contributed by atoms with E-state index in [9.17, 15) is 0 Å². The number of hydrogen-bond donors (Lipinski definition) is 1. The molecule has 0 saturated heterocycles. The molecule has 1 aliphatic rings. The van der Waals surface area contributed by atoms with Gasteiger partial charge in [-0.25, -0.2) is 0 Å². The Morgan fingerprint density at radius 3 is 2.37 bits per heavy atom. The zero-order valence-electron chi connectivity index (χ0n) is 12.9. The van der Waals surface area contributed by atoms with Crippen molar-refractivity contribution in [2.45, 2.75) is 51.1 Å². The summed E-state index contributed by atoms with van der Waals surface area (Å²) in [6.07, 6.45) is 5.30. The number of likely N-dealkylation sites (N-methyl/N-ethyl adjacent to an activating group) is 2. The van der Waals surface area contributed by atoms with E-state index in [1.807, 2.05) is 0 Å². The van der Waals surface area contributed by atoms with Crippen LogP contribution >= 0.6 is 0 Å². The number of aryl methyl sites for hydroxylation is 1. The molecule has 0 bridgehead atoms. The standard InChI is InChI=1S/C17H28N2/c1-5-18-16(15-11-7-6-10-14(15)2)17(19(3)4)12-8-9-13-17/h6-7,10-11,16,18H,5,8-9,12-13H2,1-4H3. The number of nitrogens with one attached hydrogen (secondary N) is 1. The Balaban J connectivity index is 2.41. The highest BCUT2D eigenvalue weighted by Gasteiger charge is 2.43. The molecule has 106 valence electrons. The topological polar surface area (TPSA) is 15.3 Å². The minimum atomic E-state index is 0.280. The molecule has 2 rings (SSSR count). The van der Waals surface area contributed by atoms with E-state index in [1.54, 1.807) is 0 Å². The molecule has 2 heteroatoms. The Bertz CT molecular complexity index is 405. The molecule has 2 nitrogen and oxygen atoms in total. The van der Waals surface area contributed by atoms with Gasteiger partial charge in [0, 0.05) is 5.54 Å². The molecule has 19 heavy (non-hydrogen) atoms. The Hall–Kier alpha value is -0.860. The zero-order chi connectivity index (χ0) is 13.9. The van der Waals surface area contributed by atoms with Gasteiger partial charge in [-0.3, -0.25) is 0 Å². The van der Waals surface area contributed by atoms with Crippen LogP contribution in [-0.4, -0.2) is 31.1 Å². The molecule has 1 aromatic carbocycles. The molecule has 0 aliphatic heterocycles. The van der Waals surface area contributed by atoms with Crippen LogP contribution in [0, 0.1) is 6.92 Å². The van der Waals surface area contributed by atoms with E-state index in [1.165, 1.54) is 36.8 Å². The minimum Gasteiger partial charge on any atom is -0.309 e. The average molecular weight is 260 g/mol. The molecule has 0 aromatic heterocycles. The van der Waals surface area contributed by atoms with E-state index in [-0.39, 0.29) is 5.54 Å². The van der Waals surface area contributed by atoms with Crippen LogP contribution < -0.4 is 5.32 Å². The first kappa shape index (κ1) is 14.5. The van der Waals surface area contributed by atoms with Gasteiger partial charge in [0.2, 0.25) is 0 Å². The highest BCUT2D eigenvalue weighted by atomic mass is 15.2. The molecule has 0 heterocycles. The maximum atomic E-state index is 3.76. The third-order valence-electron chi connectivity index (χ3n) is 4.81. The summed E-state index contributed by atoms with van der Waals surface area (Å²) in [5, 5.41) is 3.76. The number of hydrogen-bond acceptors (Lipinski definition) is 2. The van der Waals surface area contributed by atoms with Crippen molar-refractivity contribution in [3.63, 3.8) is 0 Å². The maximum Gasteiger partial charge on any atom is 0.0509 e. The fourth-order valence-electron chi connectivity index (χ4n) is 3.69. The third-order valence-corrected chi connectivity index (χ3v) is 4.81. The van der Waals surface area contributed by atoms with Crippen molar-refractivity contribution in [2.75, 3.05) is 20.6 Å². The van der Waals surface area contributed by atoms with Gasteiger partial charge in [0.15, 0.2) is 0 Å². The highest BCUT2D eigenvalue weighted by molar-refractivity contribution is 5.32. The summed E-state index contributed by atoms with van der Waals surface area (Å²) in [7, 11) is 4.49. The van der Waals surface area contributed by atoms with Crippen LogP contribution in [0.25, 0.3) is 0 Å². The van der Waals surface area contributed by atoms with E-state index in [2.05, 4.69) is 62.4 Å². The second kappa shape index (κ2) is 6.06. The largest absolute Gasteiger partial charge is 0.309 e. The van der Waals surface area contributed by atoms with Crippen molar-refractivity contribution < 1.29 is 0 Å². The molecular weight excluding hydrogens is 232 g/mol. The van der Waals surface area contributed by atoms with Crippen LogP contribution in [0.15, 0.2) is 24.3 Å². The van der Waals surface area contributed by atoms with E-state index in [0.29, 0.717) is 6.04 Å². The molecule has 1 aromatic rings. The predicted molar refractivity (Wildman–Crippen MR) is 82.5 cm³/mol. The predicted octanol–water partition coefficient (Wildman–Crippen LogP) is 3.52. The van der Waals surface area contributed by atoms with E-state index in [0.717, 1.165) is 6.54 Å². The first-order chi connectivity index (χ1) is 9.12. The number of benzene rings is 1. The molecule has 0 radical (unpaired) electrons. The summed E-state index contributed by atoms with van der Waals surface area (Å²) < 4.78 is 0. The van der Waals surface area contributed by atoms with Gasteiger partial charge >= 0.3 is 0 Å². The van der Waals surface area contributed by atoms with Gasteiger partial charge in [0.05, 0.1) is 6.04 Å². The summed E-state index contributed by atoms with van der Waals surface area (Å²) in [6.45, 7) is 5.47. The summed E-state index contributed by atoms with van der Waals surface area (Å²) in [5.41, 5.74) is 3.16. The Morgan fingerprint density at radius 1 is 1.21 bits per heavy atom. The summed E-state index contributed by atoms with van der Waals surface area (Å²) in [5.74, 6) is 0. The van der Waals surface area contributed by atoms with Crippen LogP contribution in [0.1, 0.15) is 49.8 Å². The van der Waals surface area contributed by atoms with Crippen LogP contribution in [-0.2, 0) is 0 Å². The quantitative estimate of drug-likeness (QED) is 0.871. The van der Waals surface area contributed by atoms with E-state index >= 15 is 0 Å². The molecule has 1 aliphatic carbocycles. The number of rotatable bonds is 5. The molecule has 1 saturated carbocycles. The normalized spacial score (nSPS) is 19.8. The van der Waals surface area contributed by atoms with Crippen molar-refractivity contribution in [2.24, 2.45) is 0 Å². The first-order valence-electron chi connectivity index (χ1n) is 7.58. The van der Waals surface area contributed by atoms with Gasteiger partial charge in [-0.2, -0.15) is 0 Å². The lowest BCUT2D eigenvalue weighted by atomic mass is 9.81. The molecule has 1 fully saturated rings. The van der Waals surface area contributed by atoms with Gasteiger partial charge in [0.25, 0.3) is 0 Å². The monoisotopic (exact) mass is 260 g/mol. The van der Waals surface area contributed by atoms with Crippen molar-refractivity contribution in [1.82, 2.24) is 10.2 Å². The van der Waals surface area contributed by atoms with Crippen LogP contribution in [0.5, 0.6) is 0 Å². The molecule has 0 spiro atoms. The van der Waals surface area contributed by atoms with E-state index in [4.69, 9.17) is 0 Å². The van der Waals surface area contributed by atoms with Gasteiger partial charge in [-0.15, -0.1) is 0 Å². The van der Waals surface area contributed by atoms with Crippen molar-refractivity contribution in [1.29, 1.82) is 0 Å². The van der Waals surface area contributed by atoms with Crippen LogP contribution in [0.4, 0.5) is 0 Å². The van der Waals surface area contributed by atoms with E-state index < -0.39 is 0 Å². The van der Waals surface area contributed by atoms with Gasteiger partial charge in [-0.1, -0.05) is 44.0 Å². The second-order valence-electron chi connectivity index (χ2n) is 6.05. The molecule has 1 atom stereocenters. The first-order valence-corrected chi connectivity index (χ1v) is 7.58. The van der Waals surface area contributed by atoms with Crippen LogP contribution in [0.3, 0.4) is 0 Å². The van der Waals surface area contributed by atoms with Crippen molar-refractivity contribution in [3.05, 3.63) is 35.4 Å². The Morgan fingerprint density at radius 2 is 1.84 bits per heavy atom. The smallest absolute Gasteiger partial charge is 0.0509 e. The minimum absolute atomic E-state index is 0.280. The average Bonchev–Trinajstić information content (AvgIpc) is 2.87. The molecule has 1 unspecified atom stereocenters. The van der Waals surface area contributed by atoms with Crippen molar-refractivity contribution >= 4 is 0 Å².